The van der Waals surface area contributed by atoms with Crippen molar-refractivity contribution in [3.8, 4) is 16.8 Å². The number of hydrogen-bond donors (Lipinski definition) is 0. The molecule has 11 aromatic carbocycles. The summed E-state index contributed by atoms with van der Waals surface area (Å²) in [5, 5.41) is 15.8. The first-order valence-corrected chi connectivity index (χ1v) is 21.9. The maximum absolute atomic E-state index is 2.50. The quantitative estimate of drug-likeness (QED) is 0.162. The second-order valence-electron chi connectivity index (χ2n) is 18.0. The first-order valence-electron chi connectivity index (χ1n) is 21.9. The van der Waals surface area contributed by atoms with Crippen LogP contribution >= 0.6 is 0 Å². The van der Waals surface area contributed by atoms with Gasteiger partial charge in [-0.1, -0.05) is 147 Å². The summed E-state index contributed by atoms with van der Waals surface area (Å²) in [6.45, 7) is 4.78. The van der Waals surface area contributed by atoms with Crippen molar-refractivity contribution < 1.29 is 0 Å². The number of para-hydroxylation sites is 2. The molecule has 1 aliphatic heterocycles. The van der Waals surface area contributed by atoms with Gasteiger partial charge in [-0.25, -0.2) is 0 Å². The normalized spacial score (nSPS) is 14.0. The number of hydrogen-bond acceptors (Lipinski definition) is 1. The SMILES string of the molecule is CC1(C)c2ccccc2N(c2ccc3c4ccccc4c4ccccc4c3c2)c2ccc(-c3ccc4c(c3)c3ccccc3n4-c3ccc4c5c(c6ccccc6c4c3)C5)cc21. The zero-order valence-corrected chi connectivity index (χ0v) is 34.6. The van der Waals surface area contributed by atoms with Gasteiger partial charge in [0.05, 0.1) is 22.4 Å². The summed E-state index contributed by atoms with van der Waals surface area (Å²) in [5.74, 6) is 0. The van der Waals surface area contributed by atoms with Gasteiger partial charge in [0.2, 0.25) is 0 Å². The van der Waals surface area contributed by atoms with E-state index in [0.717, 1.165) is 6.42 Å². The second kappa shape index (κ2) is 12.2. The maximum atomic E-state index is 2.50. The van der Waals surface area contributed by atoms with Gasteiger partial charge in [-0.2, -0.15) is 0 Å². The largest absolute Gasteiger partial charge is 0.310 e. The van der Waals surface area contributed by atoms with Crippen LogP contribution in [-0.2, 0) is 11.8 Å². The molecular formula is C60H40N2. The fourth-order valence-corrected chi connectivity index (χ4v) is 11.4. The van der Waals surface area contributed by atoms with Crippen molar-refractivity contribution in [2.75, 3.05) is 4.90 Å². The summed E-state index contributed by atoms with van der Waals surface area (Å²) in [6.07, 6.45) is 1.10. The molecule has 2 heterocycles. The van der Waals surface area contributed by atoms with Crippen LogP contribution in [0.3, 0.4) is 0 Å². The van der Waals surface area contributed by atoms with E-state index in [1.165, 1.54) is 132 Å². The number of rotatable bonds is 3. The number of nitrogens with zero attached hydrogens (tertiary/aromatic N) is 2. The third-order valence-corrected chi connectivity index (χ3v) is 14.4. The van der Waals surface area contributed by atoms with Gasteiger partial charge >= 0.3 is 0 Å². The highest BCUT2D eigenvalue weighted by Gasteiger charge is 2.37. The molecule has 0 amide bonds. The fourth-order valence-electron chi connectivity index (χ4n) is 11.4. The number of anilines is 3. The molecule has 0 N–H and O–H groups in total. The Labute approximate surface area is 359 Å². The lowest BCUT2D eigenvalue weighted by molar-refractivity contribution is 0.632. The van der Waals surface area contributed by atoms with E-state index in [9.17, 15) is 0 Å². The van der Waals surface area contributed by atoms with Crippen LogP contribution in [0.2, 0.25) is 0 Å². The van der Waals surface area contributed by atoms with Crippen LogP contribution in [-0.4, -0.2) is 4.57 Å². The van der Waals surface area contributed by atoms with Crippen LogP contribution in [0, 0.1) is 0 Å². The van der Waals surface area contributed by atoms with Gasteiger partial charge in [-0.15, -0.1) is 0 Å². The van der Waals surface area contributed by atoms with Gasteiger partial charge < -0.3 is 9.47 Å². The third kappa shape index (κ3) is 4.59. The molecule has 0 bridgehead atoms. The highest BCUT2D eigenvalue weighted by molar-refractivity contribution is 6.26. The average Bonchev–Trinajstić information content (AvgIpc) is 4.07. The van der Waals surface area contributed by atoms with Crippen molar-refractivity contribution in [2.24, 2.45) is 0 Å². The fraction of sp³-hybridized carbons (Fsp3) is 0.0667. The van der Waals surface area contributed by atoms with Crippen molar-refractivity contribution >= 4 is 92.7 Å². The molecule has 290 valence electrons. The second-order valence-corrected chi connectivity index (χ2v) is 18.0. The Bertz CT molecular complexity index is 3900. The number of aromatic nitrogens is 1. The molecule has 2 aliphatic rings. The van der Waals surface area contributed by atoms with Crippen molar-refractivity contribution in [1.29, 1.82) is 0 Å². The summed E-state index contributed by atoms with van der Waals surface area (Å²) < 4.78 is 2.47. The number of benzene rings is 11. The van der Waals surface area contributed by atoms with E-state index in [1.54, 1.807) is 0 Å². The molecule has 2 nitrogen and oxygen atoms in total. The predicted molar refractivity (Wildman–Crippen MR) is 263 cm³/mol. The maximum Gasteiger partial charge on any atom is 0.0541 e. The van der Waals surface area contributed by atoms with E-state index >= 15 is 0 Å². The summed E-state index contributed by atoms with van der Waals surface area (Å²) in [7, 11) is 0. The van der Waals surface area contributed by atoms with E-state index < -0.39 is 0 Å². The van der Waals surface area contributed by atoms with Crippen LogP contribution in [0.5, 0.6) is 0 Å². The molecule has 0 atom stereocenters. The summed E-state index contributed by atoms with van der Waals surface area (Å²) in [5.41, 5.74) is 15.2. The lowest BCUT2D eigenvalue weighted by Gasteiger charge is -2.42. The molecular weight excluding hydrogens is 749 g/mol. The van der Waals surface area contributed by atoms with Gasteiger partial charge in [-0.3, -0.25) is 0 Å². The molecule has 0 saturated heterocycles. The van der Waals surface area contributed by atoms with E-state index in [2.05, 4.69) is 217 Å². The molecule has 12 aromatic rings. The van der Waals surface area contributed by atoms with E-state index in [-0.39, 0.29) is 5.41 Å². The Morgan fingerprint density at radius 1 is 0.339 bits per heavy atom. The van der Waals surface area contributed by atoms with E-state index in [1.807, 2.05) is 0 Å². The van der Waals surface area contributed by atoms with Gasteiger partial charge in [0.15, 0.2) is 0 Å². The molecule has 0 radical (unpaired) electrons. The van der Waals surface area contributed by atoms with Gasteiger partial charge in [0, 0.05) is 27.6 Å². The van der Waals surface area contributed by atoms with Gasteiger partial charge in [-0.05, 0) is 154 Å². The van der Waals surface area contributed by atoms with Crippen LogP contribution in [0.4, 0.5) is 17.1 Å². The first-order chi connectivity index (χ1) is 30.5. The lowest BCUT2D eigenvalue weighted by atomic mass is 9.73. The van der Waals surface area contributed by atoms with Gasteiger partial charge in [0.1, 0.15) is 0 Å². The van der Waals surface area contributed by atoms with Crippen molar-refractivity contribution in [2.45, 2.75) is 25.7 Å². The van der Waals surface area contributed by atoms with Crippen molar-refractivity contribution in [3.05, 3.63) is 216 Å². The number of fused-ring (bicyclic) bond motifs is 17. The van der Waals surface area contributed by atoms with Crippen LogP contribution < -0.4 is 4.90 Å². The van der Waals surface area contributed by atoms with Gasteiger partial charge in [0.25, 0.3) is 0 Å². The minimum atomic E-state index is -0.222. The molecule has 0 spiro atoms. The highest BCUT2D eigenvalue weighted by atomic mass is 15.2. The van der Waals surface area contributed by atoms with Crippen molar-refractivity contribution in [3.63, 3.8) is 0 Å². The highest BCUT2D eigenvalue weighted by Crippen LogP contribution is 2.53. The minimum Gasteiger partial charge on any atom is -0.310 e. The lowest BCUT2D eigenvalue weighted by Crippen LogP contribution is -2.30. The monoisotopic (exact) mass is 788 g/mol. The van der Waals surface area contributed by atoms with E-state index in [0.29, 0.717) is 0 Å². The van der Waals surface area contributed by atoms with E-state index in [4.69, 9.17) is 0 Å². The van der Waals surface area contributed by atoms with Crippen molar-refractivity contribution in [1.82, 2.24) is 4.57 Å². The molecule has 0 fully saturated rings. The van der Waals surface area contributed by atoms with Crippen LogP contribution in [0.25, 0.3) is 92.5 Å². The Morgan fingerprint density at radius 3 is 1.58 bits per heavy atom. The molecule has 2 heteroatoms. The molecule has 0 saturated carbocycles. The molecule has 14 rings (SSSR count). The standard InChI is InChI=1S/C60H40N2/c1-60(2)54-20-10-12-22-58(54)62(39-25-27-46-42-15-4-3-13-40(42)41-14-5-6-16-43(41)49(46)34-39)59-30-24-37(32-55(59)60)36-23-29-57-53(31-36)48-19-9-11-21-56(48)61(57)38-26-28-47-50(33-38)44-17-7-8-18-45(44)51-35-52(47)51/h3-34H,35H2,1-2H3. The summed E-state index contributed by atoms with van der Waals surface area (Å²) in [6, 6.07) is 73.0. The third-order valence-electron chi connectivity index (χ3n) is 14.4. The predicted octanol–water partition coefficient (Wildman–Crippen LogP) is 16.2. The van der Waals surface area contributed by atoms with Crippen LogP contribution in [0.15, 0.2) is 194 Å². The molecule has 1 aliphatic carbocycles. The zero-order chi connectivity index (χ0) is 40.8. The molecule has 0 unspecified atom stereocenters. The minimum absolute atomic E-state index is 0.222. The zero-order valence-electron chi connectivity index (χ0n) is 34.6. The molecule has 1 aromatic heterocycles. The molecule has 62 heavy (non-hydrogen) atoms. The Morgan fingerprint density at radius 2 is 0.823 bits per heavy atom. The van der Waals surface area contributed by atoms with Crippen LogP contribution in [0.1, 0.15) is 36.1 Å². The average molecular weight is 789 g/mol. The smallest absolute Gasteiger partial charge is 0.0541 e. The topological polar surface area (TPSA) is 8.17 Å². The summed E-state index contributed by atoms with van der Waals surface area (Å²) in [4.78, 5) is 2.50. The summed E-state index contributed by atoms with van der Waals surface area (Å²) >= 11 is 0. The Balaban J connectivity index is 0.936. The first kappa shape index (κ1) is 34.1. The Hall–Kier alpha value is -7.68. The Kier molecular flexibility index (Phi) is 6.71.